The van der Waals surface area contributed by atoms with E-state index in [4.69, 9.17) is 34.8 Å². The molecule has 0 atom stereocenters. The number of anilines is 1. The van der Waals surface area contributed by atoms with Crippen molar-refractivity contribution in [1.29, 1.82) is 0 Å². The molecule has 2 rings (SSSR count). The molecule has 1 saturated heterocycles. The average molecular weight is 366 g/mol. The van der Waals surface area contributed by atoms with Crippen LogP contribution in [0.3, 0.4) is 0 Å². The van der Waals surface area contributed by atoms with Gasteiger partial charge in [-0.15, -0.1) is 0 Å². The molecule has 20 heavy (non-hydrogen) atoms. The maximum Gasteiger partial charge on any atom is 0.446 e. The summed E-state index contributed by atoms with van der Waals surface area (Å²) in [6, 6.07) is 0. The van der Waals surface area contributed by atoms with E-state index in [2.05, 4.69) is 4.98 Å². The first-order valence-electron chi connectivity index (χ1n) is 5.85. The second-order valence-electron chi connectivity index (χ2n) is 4.28. The molecule has 2 heterocycles. The number of hydrogen-bond acceptors (Lipinski definition) is 3. The first kappa shape index (κ1) is 16.3. The highest BCUT2D eigenvalue weighted by atomic mass is 35.5. The summed E-state index contributed by atoms with van der Waals surface area (Å²) in [6.07, 6.45) is 2.97. The van der Waals surface area contributed by atoms with Crippen LogP contribution in [0.4, 0.5) is 19.0 Å². The van der Waals surface area contributed by atoms with E-state index in [1.54, 1.807) is 0 Å². The summed E-state index contributed by atoms with van der Waals surface area (Å²) in [5, 5.41) is -0.522. The molecule has 0 unspecified atom stereocenters. The van der Waals surface area contributed by atoms with Gasteiger partial charge in [-0.1, -0.05) is 34.8 Å². The van der Waals surface area contributed by atoms with Gasteiger partial charge in [-0.05, 0) is 31.0 Å². The SMILES string of the molecule is FC(F)(F)Sc1c(Cl)c(Cl)nc(N2CCCCC2)c1Cl. The summed E-state index contributed by atoms with van der Waals surface area (Å²) in [7, 11) is 0. The largest absolute Gasteiger partial charge is 0.446 e. The molecule has 0 amide bonds. The van der Waals surface area contributed by atoms with Gasteiger partial charge in [0.1, 0.15) is 5.82 Å². The summed E-state index contributed by atoms with van der Waals surface area (Å²) in [4.78, 5) is 5.58. The van der Waals surface area contributed by atoms with E-state index in [1.165, 1.54) is 0 Å². The molecule has 0 N–H and O–H groups in total. The number of alkyl halides is 3. The second-order valence-corrected chi connectivity index (χ2v) is 6.47. The highest BCUT2D eigenvalue weighted by Gasteiger charge is 2.34. The highest BCUT2D eigenvalue weighted by Crippen LogP contribution is 2.48. The molecular formula is C11H10Cl3F3N2S. The summed E-state index contributed by atoms with van der Waals surface area (Å²) in [5.74, 6) is 0.271. The fourth-order valence-electron chi connectivity index (χ4n) is 2.00. The molecule has 1 fully saturated rings. The van der Waals surface area contributed by atoms with Crippen LogP contribution < -0.4 is 4.90 Å². The normalized spacial score (nSPS) is 16.6. The van der Waals surface area contributed by atoms with Crippen molar-refractivity contribution < 1.29 is 13.2 Å². The number of rotatable bonds is 2. The van der Waals surface area contributed by atoms with Crippen molar-refractivity contribution in [2.24, 2.45) is 0 Å². The van der Waals surface area contributed by atoms with Gasteiger partial charge in [0.2, 0.25) is 0 Å². The quantitative estimate of drug-likeness (QED) is 0.498. The van der Waals surface area contributed by atoms with Gasteiger partial charge in [-0.2, -0.15) is 13.2 Å². The Bertz CT molecular complexity index is 505. The molecule has 0 radical (unpaired) electrons. The Labute approximate surface area is 133 Å². The van der Waals surface area contributed by atoms with Gasteiger partial charge in [0.15, 0.2) is 5.15 Å². The first-order valence-corrected chi connectivity index (χ1v) is 7.80. The summed E-state index contributed by atoms with van der Waals surface area (Å²) in [5.41, 5.74) is -4.49. The van der Waals surface area contributed by atoms with Crippen LogP contribution >= 0.6 is 46.6 Å². The van der Waals surface area contributed by atoms with E-state index in [-0.39, 0.29) is 37.7 Å². The Kier molecular flexibility index (Phi) is 5.21. The Morgan fingerprint density at radius 2 is 1.60 bits per heavy atom. The van der Waals surface area contributed by atoms with E-state index >= 15 is 0 Å². The second kappa shape index (κ2) is 6.38. The third-order valence-electron chi connectivity index (χ3n) is 2.85. The van der Waals surface area contributed by atoms with Crippen molar-refractivity contribution in [3.05, 3.63) is 15.2 Å². The van der Waals surface area contributed by atoms with E-state index in [1.807, 2.05) is 4.90 Å². The van der Waals surface area contributed by atoms with E-state index < -0.39 is 5.51 Å². The van der Waals surface area contributed by atoms with Crippen molar-refractivity contribution in [3.8, 4) is 0 Å². The van der Waals surface area contributed by atoms with Crippen molar-refractivity contribution >= 4 is 52.4 Å². The number of aromatic nitrogens is 1. The van der Waals surface area contributed by atoms with Crippen LogP contribution in [0.1, 0.15) is 19.3 Å². The smallest absolute Gasteiger partial charge is 0.355 e. The third kappa shape index (κ3) is 3.78. The topological polar surface area (TPSA) is 16.1 Å². The standard InChI is InChI=1S/C11H10Cl3F3N2S/c12-6-8(20-11(15,16)17)7(13)10(18-9(6)14)19-4-2-1-3-5-19/h1-5H2. The lowest BCUT2D eigenvalue weighted by Gasteiger charge is -2.29. The molecule has 0 spiro atoms. The number of piperidine rings is 1. The van der Waals surface area contributed by atoms with Gasteiger partial charge in [-0.3, -0.25) is 0 Å². The Balaban J connectivity index is 2.43. The molecule has 0 bridgehead atoms. The van der Waals surface area contributed by atoms with Crippen molar-refractivity contribution in [3.63, 3.8) is 0 Å². The Hall–Kier alpha value is -0.0400. The van der Waals surface area contributed by atoms with Crippen LogP contribution in [0.5, 0.6) is 0 Å². The van der Waals surface area contributed by atoms with Crippen LogP contribution in [-0.2, 0) is 0 Å². The maximum absolute atomic E-state index is 12.6. The Morgan fingerprint density at radius 1 is 1.00 bits per heavy atom. The fraction of sp³-hybridized carbons (Fsp3) is 0.545. The molecule has 112 valence electrons. The zero-order chi connectivity index (χ0) is 14.9. The highest BCUT2D eigenvalue weighted by molar-refractivity contribution is 8.00. The number of halogens is 6. The zero-order valence-corrected chi connectivity index (χ0v) is 13.2. The summed E-state index contributed by atoms with van der Waals surface area (Å²) >= 11 is 17.3. The molecule has 9 heteroatoms. The van der Waals surface area contributed by atoms with E-state index in [0.717, 1.165) is 19.3 Å². The number of nitrogens with zero attached hydrogens (tertiary/aromatic N) is 2. The van der Waals surface area contributed by atoms with Gasteiger partial charge in [0.25, 0.3) is 0 Å². The lowest BCUT2D eigenvalue weighted by Crippen LogP contribution is -2.30. The van der Waals surface area contributed by atoms with Crippen LogP contribution in [-0.4, -0.2) is 23.6 Å². The first-order chi connectivity index (χ1) is 9.29. The fourth-order valence-corrected chi connectivity index (χ4v) is 3.51. The van der Waals surface area contributed by atoms with Gasteiger partial charge in [0.05, 0.1) is 14.9 Å². The number of thioether (sulfide) groups is 1. The molecule has 1 aliphatic rings. The lowest BCUT2D eigenvalue weighted by molar-refractivity contribution is -0.0328. The van der Waals surface area contributed by atoms with Gasteiger partial charge >= 0.3 is 5.51 Å². The Morgan fingerprint density at radius 3 is 2.15 bits per heavy atom. The van der Waals surface area contributed by atoms with E-state index in [9.17, 15) is 13.2 Å². The molecule has 1 aromatic heterocycles. The predicted molar refractivity (Wildman–Crippen MR) is 77.2 cm³/mol. The molecule has 1 aromatic rings. The van der Waals surface area contributed by atoms with Crippen molar-refractivity contribution in [2.75, 3.05) is 18.0 Å². The van der Waals surface area contributed by atoms with Gasteiger partial charge in [0, 0.05) is 13.1 Å². The molecule has 0 aromatic carbocycles. The number of pyridine rings is 1. The zero-order valence-electron chi connectivity index (χ0n) is 10.1. The molecule has 1 aliphatic heterocycles. The minimum absolute atomic E-state index is 0.0939. The third-order valence-corrected chi connectivity index (χ3v) is 5.02. The maximum atomic E-state index is 12.6. The van der Waals surface area contributed by atoms with E-state index in [0.29, 0.717) is 13.1 Å². The van der Waals surface area contributed by atoms with Crippen LogP contribution in [0.2, 0.25) is 15.2 Å². The minimum Gasteiger partial charge on any atom is -0.355 e. The summed E-state index contributed by atoms with van der Waals surface area (Å²) < 4.78 is 37.7. The van der Waals surface area contributed by atoms with Crippen LogP contribution in [0, 0.1) is 0 Å². The average Bonchev–Trinajstić information content (AvgIpc) is 2.39. The van der Waals surface area contributed by atoms with Gasteiger partial charge < -0.3 is 4.90 Å². The van der Waals surface area contributed by atoms with Crippen molar-refractivity contribution in [2.45, 2.75) is 29.7 Å². The molecule has 2 nitrogen and oxygen atoms in total. The molecule has 0 aliphatic carbocycles. The van der Waals surface area contributed by atoms with Crippen LogP contribution in [0.25, 0.3) is 0 Å². The van der Waals surface area contributed by atoms with Crippen LogP contribution in [0.15, 0.2) is 4.90 Å². The lowest BCUT2D eigenvalue weighted by atomic mass is 10.1. The number of hydrogen-bond donors (Lipinski definition) is 0. The monoisotopic (exact) mass is 364 g/mol. The van der Waals surface area contributed by atoms with Crippen molar-refractivity contribution in [1.82, 2.24) is 4.98 Å². The summed E-state index contributed by atoms with van der Waals surface area (Å²) in [6.45, 7) is 1.39. The minimum atomic E-state index is -4.49. The molecular weight excluding hydrogens is 356 g/mol. The van der Waals surface area contributed by atoms with Gasteiger partial charge in [-0.25, -0.2) is 4.98 Å². The predicted octanol–water partition coefficient (Wildman–Crippen LogP) is 5.64. The molecule has 0 saturated carbocycles.